The summed E-state index contributed by atoms with van der Waals surface area (Å²) in [4.78, 5) is 8.07. The summed E-state index contributed by atoms with van der Waals surface area (Å²) in [5.74, 6) is 1.73. The second kappa shape index (κ2) is 4.82. The first-order valence-corrected chi connectivity index (χ1v) is 5.58. The van der Waals surface area contributed by atoms with Crippen molar-refractivity contribution in [3.8, 4) is 0 Å². The van der Waals surface area contributed by atoms with Crippen LogP contribution in [0.5, 0.6) is 0 Å². The molecular weight excluding hydrogens is 204 g/mol. The van der Waals surface area contributed by atoms with Crippen molar-refractivity contribution in [3.63, 3.8) is 0 Å². The highest BCUT2D eigenvalue weighted by Gasteiger charge is 2.04. The van der Waals surface area contributed by atoms with Crippen molar-refractivity contribution >= 4 is 23.4 Å². The van der Waals surface area contributed by atoms with E-state index in [-0.39, 0.29) is 0 Å². The van der Waals surface area contributed by atoms with Crippen LogP contribution in [0.4, 0.5) is 0 Å². The van der Waals surface area contributed by atoms with Gasteiger partial charge < -0.3 is 0 Å². The van der Waals surface area contributed by atoms with Crippen molar-refractivity contribution in [1.29, 1.82) is 0 Å². The Morgan fingerprint density at radius 3 is 2.85 bits per heavy atom. The summed E-state index contributed by atoms with van der Waals surface area (Å²) in [7, 11) is 0. The molecule has 0 N–H and O–H groups in total. The van der Waals surface area contributed by atoms with Crippen LogP contribution in [0.25, 0.3) is 0 Å². The summed E-state index contributed by atoms with van der Waals surface area (Å²) in [6.07, 6.45) is 1.76. The standard InChI is InChI=1S/C9H13ClN2S/c1-6(2)5-13-8-7(3)4-11-9(10)12-8/h4,6H,5H2,1-3H3. The summed E-state index contributed by atoms with van der Waals surface area (Å²) in [6.45, 7) is 6.37. The normalized spacial score (nSPS) is 10.8. The molecule has 1 aromatic heterocycles. The lowest BCUT2D eigenvalue weighted by Gasteiger charge is -2.05. The van der Waals surface area contributed by atoms with Gasteiger partial charge >= 0.3 is 0 Å². The molecule has 1 rings (SSSR count). The summed E-state index contributed by atoms with van der Waals surface area (Å²) >= 11 is 7.43. The van der Waals surface area contributed by atoms with Gasteiger partial charge in [0.25, 0.3) is 0 Å². The number of thioether (sulfide) groups is 1. The second-order valence-electron chi connectivity index (χ2n) is 3.33. The summed E-state index contributed by atoms with van der Waals surface area (Å²) in [5.41, 5.74) is 1.09. The molecule has 1 heterocycles. The molecule has 72 valence electrons. The highest BCUT2D eigenvalue weighted by Crippen LogP contribution is 2.22. The molecular formula is C9H13ClN2S. The quantitative estimate of drug-likeness (QED) is 0.441. The molecule has 0 atom stereocenters. The molecule has 2 nitrogen and oxygen atoms in total. The number of aromatic nitrogens is 2. The Bertz CT molecular complexity index is 289. The number of aryl methyl sites for hydroxylation is 1. The molecule has 0 aliphatic heterocycles. The molecule has 0 aromatic carbocycles. The third-order valence-electron chi connectivity index (χ3n) is 1.45. The number of halogens is 1. The van der Waals surface area contributed by atoms with Crippen LogP contribution in [0.3, 0.4) is 0 Å². The minimum Gasteiger partial charge on any atom is -0.226 e. The molecule has 0 saturated carbocycles. The lowest BCUT2D eigenvalue weighted by Crippen LogP contribution is -1.94. The molecule has 0 bridgehead atoms. The van der Waals surface area contributed by atoms with Gasteiger partial charge in [0.05, 0.1) is 0 Å². The maximum atomic E-state index is 5.70. The van der Waals surface area contributed by atoms with Crippen molar-refractivity contribution in [2.24, 2.45) is 5.92 Å². The molecule has 0 unspecified atom stereocenters. The van der Waals surface area contributed by atoms with Crippen molar-refractivity contribution in [3.05, 3.63) is 17.0 Å². The van der Waals surface area contributed by atoms with E-state index in [0.29, 0.717) is 11.2 Å². The van der Waals surface area contributed by atoms with E-state index in [9.17, 15) is 0 Å². The highest BCUT2D eigenvalue weighted by molar-refractivity contribution is 7.99. The van der Waals surface area contributed by atoms with Gasteiger partial charge in [-0.15, -0.1) is 11.8 Å². The fourth-order valence-corrected chi connectivity index (χ4v) is 1.90. The Balaban J connectivity index is 2.70. The minimum absolute atomic E-state index is 0.330. The number of hydrogen-bond acceptors (Lipinski definition) is 3. The van der Waals surface area contributed by atoms with Gasteiger partial charge in [0.15, 0.2) is 0 Å². The van der Waals surface area contributed by atoms with E-state index < -0.39 is 0 Å². The van der Waals surface area contributed by atoms with E-state index in [2.05, 4.69) is 23.8 Å². The summed E-state index contributed by atoms with van der Waals surface area (Å²) in [6, 6.07) is 0. The lowest BCUT2D eigenvalue weighted by molar-refractivity contribution is 0.749. The van der Waals surface area contributed by atoms with Crippen molar-refractivity contribution in [2.75, 3.05) is 5.75 Å². The first-order chi connectivity index (χ1) is 6.09. The molecule has 1 aromatic rings. The Kier molecular flexibility index (Phi) is 4.00. The van der Waals surface area contributed by atoms with Gasteiger partial charge in [-0.1, -0.05) is 13.8 Å². The Labute approximate surface area is 88.1 Å². The van der Waals surface area contributed by atoms with Crippen LogP contribution in [0.1, 0.15) is 19.4 Å². The molecule has 0 spiro atoms. The van der Waals surface area contributed by atoms with E-state index in [4.69, 9.17) is 11.6 Å². The summed E-state index contributed by atoms with van der Waals surface area (Å²) in [5, 5.41) is 1.32. The minimum atomic E-state index is 0.330. The van der Waals surface area contributed by atoms with Gasteiger partial charge in [0, 0.05) is 11.9 Å². The van der Waals surface area contributed by atoms with Crippen LogP contribution in [-0.4, -0.2) is 15.7 Å². The Morgan fingerprint density at radius 2 is 2.23 bits per heavy atom. The van der Waals surface area contributed by atoms with E-state index in [1.165, 1.54) is 0 Å². The van der Waals surface area contributed by atoms with Crippen LogP contribution in [0.2, 0.25) is 5.28 Å². The fourth-order valence-electron chi connectivity index (χ4n) is 0.798. The van der Waals surface area contributed by atoms with Crippen LogP contribution >= 0.6 is 23.4 Å². The van der Waals surface area contributed by atoms with Gasteiger partial charge in [0.2, 0.25) is 5.28 Å². The predicted octanol–water partition coefficient (Wildman–Crippen LogP) is 3.19. The summed E-state index contributed by atoms with van der Waals surface area (Å²) < 4.78 is 0. The zero-order valence-electron chi connectivity index (χ0n) is 8.04. The molecule has 4 heteroatoms. The fraction of sp³-hybridized carbons (Fsp3) is 0.556. The first kappa shape index (κ1) is 10.8. The second-order valence-corrected chi connectivity index (χ2v) is 4.68. The molecule has 0 aliphatic carbocycles. The lowest BCUT2D eigenvalue weighted by atomic mass is 10.3. The van der Waals surface area contributed by atoms with E-state index in [0.717, 1.165) is 16.3 Å². The average molecular weight is 217 g/mol. The molecule has 0 fully saturated rings. The maximum Gasteiger partial charge on any atom is 0.223 e. The third kappa shape index (κ3) is 3.53. The van der Waals surface area contributed by atoms with Gasteiger partial charge in [-0.2, -0.15) is 0 Å². The monoisotopic (exact) mass is 216 g/mol. The Hall–Kier alpha value is -0.280. The van der Waals surface area contributed by atoms with E-state index in [1.54, 1.807) is 18.0 Å². The van der Waals surface area contributed by atoms with Crippen molar-refractivity contribution in [2.45, 2.75) is 25.8 Å². The van der Waals surface area contributed by atoms with Crippen LogP contribution < -0.4 is 0 Å². The highest BCUT2D eigenvalue weighted by atomic mass is 35.5. The maximum absolute atomic E-state index is 5.70. The predicted molar refractivity (Wildman–Crippen MR) is 57.3 cm³/mol. The molecule has 0 aliphatic rings. The molecule has 13 heavy (non-hydrogen) atoms. The van der Waals surface area contributed by atoms with Crippen molar-refractivity contribution in [1.82, 2.24) is 9.97 Å². The number of hydrogen-bond donors (Lipinski definition) is 0. The smallest absolute Gasteiger partial charge is 0.223 e. The first-order valence-electron chi connectivity index (χ1n) is 4.21. The van der Waals surface area contributed by atoms with Gasteiger partial charge in [0.1, 0.15) is 5.03 Å². The Morgan fingerprint density at radius 1 is 1.54 bits per heavy atom. The van der Waals surface area contributed by atoms with Crippen LogP contribution in [-0.2, 0) is 0 Å². The topological polar surface area (TPSA) is 25.8 Å². The van der Waals surface area contributed by atoms with Gasteiger partial charge in [-0.05, 0) is 30.0 Å². The van der Waals surface area contributed by atoms with E-state index >= 15 is 0 Å². The van der Waals surface area contributed by atoms with E-state index in [1.807, 2.05) is 6.92 Å². The molecule has 0 amide bonds. The molecule has 0 radical (unpaired) electrons. The third-order valence-corrected chi connectivity index (χ3v) is 3.15. The SMILES string of the molecule is Cc1cnc(Cl)nc1SCC(C)C. The van der Waals surface area contributed by atoms with Crippen molar-refractivity contribution < 1.29 is 0 Å². The average Bonchev–Trinajstić information content (AvgIpc) is 2.06. The zero-order chi connectivity index (χ0) is 9.84. The molecule has 0 saturated heterocycles. The van der Waals surface area contributed by atoms with Gasteiger partial charge in [-0.3, -0.25) is 0 Å². The van der Waals surface area contributed by atoms with Gasteiger partial charge in [-0.25, -0.2) is 9.97 Å². The van der Waals surface area contributed by atoms with Crippen LogP contribution in [0.15, 0.2) is 11.2 Å². The van der Waals surface area contributed by atoms with Crippen LogP contribution in [0, 0.1) is 12.8 Å². The number of rotatable bonds is 3. The largest absolute Gasteiger partial charge is 0.226 e. The number of nitrogens with zero attached hydrogens (tertiary/aromatic N) is 2. The zero-order valence-corrected chi connectivity index (χ0v) is 9.61.